The second kappa shape index (κ2) is 6.18. The molecule has 0 amide bonds. The molecule has 2 rings (SSSR count). The van der Waals surface area contributed by atoms with E-state index < -0.39 is 11.9 Å². The molecule has 1 unspecified atom stereocenters. The molecule has 0 aliphatic carbocycles. The van der Waals surface area contributed by atoms with Gasteiger partial charge in [0, 0.05) is 4.47 Å². The van der Waals surface area contributed by atoms with Gasteiger partial charge in [0.05, 0.1) is 5.92 Å². The van der Waals surface area contributed by atoms with Gasteiger partial charge in [-0.2, -0.15) is 0 Å². The molecule has 0 radical (unpaired) electrons. The number of aliphatic carboxylic acids is 1. The number of carboxylic acids is 1. The summed E-state index contributed by atoms with van der Waals surface area (Å²) in [4.78, 5) is 11.5. The van der Waals surface area contributed by atoms with Gasteiger partial charge in [-0.3, -0.25) is 4.79 Å². The van der Waals surface area contributed by atoms with E-state index in [4.69, 9.17) is 0 Å². The van der Waals surface area contributed by atoms with Crippen LogP contribution in [-0.2, 0) is 11.2 Å². The number of aryl methyl sites for hydroxylation is 1. The van der Waals surface area contributed by atoms with Crippen LogP contribution in [0.2, 0.25) is 0 Å². The standard InChI is InChI=1S/C16H14BrFO2/c1-10-5-6-14(18)8-12(10)9-15(16(19)20)11-3-2-4-13(17)7-11/h2-8,15H,9H2,1H3,(H,19,20). The van der Waals surface area contributed by atoms with Crippen molar-refractivity contribution in [1.29, 1.82) is 0 Å². The summed E-state index contributed by atoms with van der Waals surface area (Å²) in [6.07, 6.45) is 0.273. The summed E-state index contributed by atoms with van der Waals surface area (Å²) < 4.78 is 14.1. The van der Waals surface area contributed by atoms with Crippen LogP contribution in [0.4, 0.5) is 4.39 Å². The first kappa shape index (κ1) is 14.7. The van der Waals surface area contributed by atoms with E-state index in [1.165, 1.54) is 12.1 Å². The zero-order valence-corrected chi connectivity index (χ0v) is 12.5. The van der Waals surface area contributed by atoms with Crippen molar-refractivity contribution in [3.05, 3.63) is 69.4 Å². The van der Waals surface area contributed by atoms with Crippen LogP contribution in [0.5, 0.6) is 0 Å². The highest BCUT2D eigenvalue weighted by Gasteiger charge is 2.21. The lowest BCUT2D eigenvalue weighted by atomic mass is 9.90. The molecule has 2 aromatic rings. The van der Waals surface area contributed by atoms with E-state index in [-0.39, 0.29) is 12.2 Å². The monoisotopic (exact) mass is 336 g/mol. The Morgan fingerprint density at radius 2 is 2.05 bits per heavy atom. The first-order valence-electron chi connectivity index (χ1n) is 6.20. The normalized spacial score (nSPS) is 12.2. The fourth-order valence-corrected chi connectivity index (χ4v) is 2.57. The second-order valence-electron chi connectivity index (χ2n) is 4.72. The van der Waals surface area contributed by atoms with Gasteiger partial charge < -0.3 is 5.11 Å². The second-order valence-corrected chi connectivity index (χ2v) is 5.64. The molecule has 2 aromatic carbocycles. The van der Waals surface area contributed by atoms with Crippen molar-refractivity contribution in [3.63, 3.8) is 0 Å². The maximum Gasteiger partial charge on any atom is 0.311 e. The molecule has 0 aliphatic heterocycles. The minimum atomic E-state index is -0.910. The molecule has 0 aliphatic rings. The van der Waals surface area contributed by atoms with Crippen LogP contribution >= 0.6 is 15.9 Å². The van der Waals surface area contributed by atoms with Crippen molar-refractivity contribution in [2.45, 2.75) is 19.3 Å². The molecule has 2 nitrogen and oxygen atoms in total. The maximum atomic E-state index is 13.3. The lowest BCUT2D eigenvalue weighted by Gasteiger charge is -2.15. The van der Waals surface area contributed by atoms with Gasteiger partial charge in [0.25, 0.3) is 0 Å². The van der Waals surface area contributed by atoms with Crippen LogP contribution < -0.4 is 0 Å². The van der Waals surface area contributed by atoms with E-state index in [0.717, 1.165) is 15.6 Å². The van der Waals surface area contributed by atoms with E-state index in [0.29, 0.717) is 5.56 Å². The molecular weight excluding hydrogens is 323 g/mol. The highest BCUT2D eigenvalue weighted by atomic mass is 79.9. The number of carboxylic acid groups (broad SMARTS) is 1. The molecule has 0 bridgehead atoms. The average molecular weight is 337 g/mol. The molecule has 4 heteroatoms. The Kier molecular flexibility index (Phi) is 4.55. The Balaban J connectivity index is 2.35. The third-order valence-electron chi connectivity index (χ3n) is 3.28. The van der Waals surface area contributed by atoms with Gasteiger partial charge in [0.2, 0.25) is 0 Å². The quantitative estimate of drug-likeness (QED) is 0.903. The number of carbonyl (C=O) groups is 1. The first-order chi connectivity index (χ1) is 9.47. The Bertz CT molecular complexity index is 640. The van der Waals surface area contributed by atoms with Gasteiger partial charge in [-0.15, -0.1) is 0 Å². The fraction of sp³-hybridized carbons (Fsp3) is 0.188. The SMILES string of the molecule is Cc1ccc(F)cc1CC(C(=O)O)c1cccc(Br)c1. The van der Waals surface area contributed by atoms with Crippen molar-refractivity contribution >= 4 is 21.9 Å². The third kappa shape index (κ3) is 3.45. The maximum absolute atomic E-state index is 13.3. The molecule has 0 aromatic heterocycles. The van der Waals surface area contributed by atoms with Gasteiger partial charge in [-0.25, -0.2) is 4.39 Å². The molecule has 20 heavy (non-hydrogen) atoms. The van der Waals surface area contributed by atoms with Crippen LogP contribution in [0.25, 0.3) is 0 Å². The van der Waals surface area contributed by atoms with Gasteiger partial charge in [-0.05, 0) is 54.3 Å². The van der Waals surface area contributed by atoms with E-state index in [2.05, 4.69) is 15.9 Å². The minimum Gasteiger partial charge on any atom is -0.481 e. The molecular formula is C16H14BrFO2. The lowest BCUT2D eigenvalue weighted by Crippen LogP contribution is -2.15. The third-order valence-corrected chi connectivity index (χ3v) is 3.78. The number of benzene rings is 2. The van der Waals surface area contributed by atoms with Crippen molar-refractivity contribution < 1.29 is 14.3 Å². The molecule has 0 saturated carbocycles. The first-order valence-corrected chi connectivity index (χ1v) is 7.00. The Morgan fingerprint density at radius 1 is 1.30 bits per heavy atom. The Morgan fingerprint density at radius 3 is 2.70 bits per heavy atom. The van der Waals surface area contributed by atoms with Gasteiger partial charge in [-0.1, -0.05) is 34.1 Å². The molecule has 0 heterocycles. The molecule has 0 spiro atoms. The molecule has 1 N–H and O–H groups in total. The highest BCUT2D eigenvalue weighted by Crippen LogP contribution is 2.25. The zero-order valence-electron chi connectivity index (χ0n) is 10.9. The van der Waals surface area contributed by atoms with Crippen molar-refractivity contribution in [1.82, 2.24) is 0 Å². The smallest absolute Gasteiger partial charge is 0.311 e. The van der Waals surface area contributed by atoms with E-state index in [1.807, 2.05) is 13.0 Å². The lowest BCUT2D eigenvalue weighted by molar-refractivity contribution is -0.138. The van der Waals surface area contributed by atoms with Crippen LogP contribution in [-0.4, -0.2) is 11.1 Å². The minimum absolute atomic E-state index is 0.273. The topological polar surface area (TPSA) is 37.3 Å². The van der Waals surface area contributed by atoms with Crippen LogP contribution in [0.1, 0.15) is 22.6 Å². The molecule has 0 saturated heterocycles. The van der Waals surface area contributed by atoms with E-state index in [9.17, 15) is 14.3 Å². The molecule has 104 valence electrons. The Labute approximate surface area is 125 Å². The summed E-state index contributed by atoms with van der Waals surface area (Å²) in [5.74, 6) is -1.94. The van der Waals surface area contributed by atoms with Gasteiger partial charge >= 0.3 is 5.97 Å². The van der Waals surface area contributed by atoms with Crippen molar-refractivity contribution in [2.24, 2.45) is 0 Å². The Hall–Kier alpha value is -1.68. The summed E-state index contributed by atoms with van der Waals surface area (Å²) in [6, 6.07) is 11.7. The average Bonchev–Trinajstić information content (AvgIpc) is 2.39. The van der Waals surface area contributed by atoms with Crippen molar-refractivity contribution in [3.8, 4) is 0 Å². The van der Waals surface area contributed by atoms with Crippen LogP contribution in [0.15, 0.2) is 46.9 Å². The zero-order chi connectivity index (χ0) is 14.7. The number of hydrogen-bond donors (Lipinski definition) is 1. The predicted octanol–water partition coefficient (Wildman–Crippen LogP) is 4.31. The van der Waals surface area contributed by atoms with Crippen LogP contribution in [0, 0.1) is 12.7 Å². The number of halogens is 2. The number of hydrogen-bond acceptors (Lipinski definition) is 1. The van der Waals surface area contributed by atoms with Gasteiger partial charge in [0.15, 0.2) is 0 Å². The van der Waals surface area contributed by atoms with Crippen LogP contribution in [0.3, 0.4) is 0 Å². The molecule has 0 fully saturated rings. The molecule has 1 atom stereocenters. The highest BCUT2D eigenvalue weighted by molar-refractivity contribution is 9.10. The summed E-state index contributed by atoms with van der Waals surface area (Å²) in [6.45, 7) is 1.86. The van der Waals surface area contributed by atoms with Crippen molar-refractivity contribution in [2.75, 3.05) is 0 Å². The summed E-state index contributed by atoms with van der Waals surface area (Å²) in [7, 11) is 0. The largest absolute Gasteiger partial charge is 0.481 e. The summed E-state index contributed by atoms with van der Waals surface area (Å²) >= 11 is 3.34. The van der Waals surface area contributed by atoms with E-state index in [1.54, 1.807) is 24.3 Å². The fourth-order valence-electron chi connectivity index (χ4n) is 2.15. The summed E-state index contributed by atoms with van der Waals surface area (Å²) in [5.41, 5.74) is 2.32. The van der Waals surface area contributed by atoms with E-state index >= 15 is 0 Å². The predicted molar refractivity (Wildman–Crippen MR) is 79.4 cm³/mol. The number of rotatable bonds is 4. The summed E-state index contributed by atoms with van der Waals surface area (Å²) in [5, 5.41) is 9.43. The van der Waals surface area contributed by atoms with Gasteiger partial charge in [0.1, 0.15) is 5.82 Å².